The molecule has 0 radical (unpaired) electrons. The van der Waals surface area contributed by atoms with E-state index < -0.39 is 5.97 Å². The zero-order valence-electron chi connectivity index (χ0n) is 6.79. The fourth-order valence-electron chi connectivity index (χ4n) is 0.853. The largest absolute Gasteiger partial charge is 0.465 e. The number of Topliss-reactive ketones (excluding diaryl/α,β-unsaturated/α-hetero) is 1. The molecule has 0 N–H and O–H groups in total. The van der Waals surface area contributed by atoms with Crippen LogP contribution >= 0.6 is 11.3 Å². The summed E-state index contributed by atoms with van der Waals surface area (Å²) < 4.78 is 4.50. The van der Waals surface area contributed by atoms with E-state index in [0.717, 1.165) is 0 Å². The Kier molecular flexibility index (Phi) is 2.60. The van der Waals surface area contributed by atoms with Crippen LogP contribution in [0.3, 0.4) is 0 Å². The predicted octanol–water partition coefficient (Wildman–Crippen LogP) is 1.74. The van der Waals surface area contributed by atoms with E-state index in [-0.39, 0.29) is 5.78 Å². The van der Waals surface area contributed by atoms with E-state index in [1.165, 1.54) is 25.4 Å². The third-order valence-electron chi connectivity index (χ3n) is 1.39. The molecule has 1 aromatic rings. The first-order valence-corrected chi connectivity index (χ1v) is 4.21. The Morgan fingerprint density at radius 3 is 2.67 bits per heavy atom. The van der Waals surface area contributed by atoms with Crippen molar-refractivity contribution in [3.8, 4) is 0 Å². The van der Waals surface area contributed by atoms with Crippen LogP contribution in [0.4, 0.5) is 0 Å². The molecule has 0 aromatic carbocycles. The highest BCUT2D eigenvalue weighted by Gasteiger charge is 2.15. The van der Waals surface area contributed by atoms with E-state index >= 15 is 0 Å². The summed E-state index contributed by atoms with van der Waals surface area (Å²) in [5.74, 6) is -0.563. The summed E-state index contributed by atoms with van der Waals surface area (Å²) in [7, 11) is 1.30. The smallest absolute Gasteiger partial charge is 0.339 e. The van der Waals surface area contributed by atoms with Crippen LogP contribution in [0.5, 0.6) is 0 Å². The quantitative estimate of drug-likeness (QED) is 0.519. The van der Waals surface area contributed by atoms with Gasteiger partial charge in [0, 0.05) is 0 Å². The van der Waals surface area contributed by atoms with E-state index in [1.54, 1.807) is 11.4 Å². The molecule has 3 nitrogen and oxygen atoms in total. The predicted molar refractivity (Wildman–Crippen MR) is 45.7 cm³/mol. The summed E-state index contributed by atoms with van der Waals surface area (Å²) in [5, 5.41) is 1.70. The third-order valence-corrected chi connectivity index (χ3v) is 2.41. The third kappa shape index (κ3) is 1.53. The van der Waals surface area contributed by atoms with Gasteiger partial charge in [0.2, 0.25) is 0 Å². The average Bonchev–Trinajstić information content (AvgIpc) is 2.50. The van der Waals surface area contributed by atoms with Crippen LogP contribution in [0.1, 0.15) is 27.0 Å². The molecule has 64 valence electrons. The first-order valence-electron chi connectivity index (χ1n) is 3.33. The SMILES string of the molecule is COC(=O)c1ccsc1C(C)=O. The molecule has 0 amide bonds. The molecule has 0 atom stereocenters. The molecule has 1 heterocycles. The highest BCUT2D eigenvalue weighted by atomic mass is 32.1. The van der Waals surface area contributed by atoms with Gasteiger partial charge in [0.25, 0.3) is 0 Å². The highest BCUT2D eigenvalue weighted by molar-refractivity contribution is 7.12. The lowest BCUT2D eigenvalue weighted by atomic mass is 10.2. The van der Waals surface area contributed by atoms with Crippen molar-refractivity contribution in [2.45, 2.75) is 6.92 Å². The van der Waals surface area contributed by atoms with Gasteiger partial charge in [-0.25, -0.2) is 4.79 Å². The monoisotopic (exact) mass is 184 g/mol. The summed E-state index contributed by atoms with van der Waals surface area (Å²) in [6, 6.07) is 1.59. The van der Waals surface area contributed by atoms with Crippen molar-refractivity contribution in [1.82, 2.24) is 0 Å². The van der Waals surface area contributed by atoms with Gasteiger partial charge >= 0.3 is 5.97 Å². The number of rotatable bonds is 2. The fourth-order valence-corrected chi connectivity index (χ4v) is 1.64. The van der Waals surface area contributed by atoms with Crippen molar-refractivity contribution < 1.29 is 14.3 Å². The highest BCUT2D eigenvalue weighted by Crippen LogP contribution is 2.17. The summed E-state index contributed by atoms with van der Waals surface area (Å²) in [5.41, 5.74) is 0.356. The molecular weight excluding hydrogens is 176 g/mol. The Bertz CT molecular complexity index is 314. The number of thiophene rings is 1. The van der Waals surface area contributed by atoms with Gasteiger partial charge in [0.05, 0.1) is 17.6 Å². The van der Waals surface area contributed by atoms with Crippen LogP contribution in [0.2, 0.25) is 0 Å². The molecular formula is C8H8O3S. The summed E-state index contributed by atoms with van der Waals surface area (Å²) >= 11 is 1.25. The Balaban J connectivity index is 3.07. The van der Waals surface area contributed by atoms with Crippen LogP contribution in [0, 0.1) is 0 Å². The number of methoxy groups -OCH3 is 1. The zero-order valence-corrected chi connectivity index (χ0v) is 7.60. The van der Waals surface area contributed by atoms with Crippen molar-refractivity contribution in [3.05, 3.63) is 21.9 Å². The molecule has 0 unspecified atom stereocenters. The van der Waals surface area contributed by atoms with Crippen LogP contribution < -0.4 is 0 Å². The summed E-state index contributed by atoms with van der Waals surface area (Å²) in [6.07, 6.45) is 0. The van der Waals surface area contributed by atoms with E-state index in [2.05, 4.69) is 4.74 Å². The van der Waals surface area contributed by atoms with Crippen molar-refractivity contribution >= 4 is 23.1 Å². The van der Waals surface area contributed by atoms with Gasteiger partial charge in [0.1, 0.15) is 0 Å². The van der Waals surface area contributed by atoms with E-state index in [1.807, 2.05) is 0 Å². The number of ketones is 1. The van der Waals surface area contributed by atoms with Crippen molar-refractivity contribution in [3.63, 3.8) is 0 Å². The van der Waals surface area contributed by atoms with Gasteiger partial charge in [0.15, 0.2) is 5.78 Å². The Hall–Kier alpha value is -1.16. The zero-order chi connectivity index (χ0) is 9.14. The fraction of sp³-hybridized carbons (Fsp3) is 0.250. The van der Waals surface area contributed by atoms with Crippen molar-refractivity contribution in [2.24, 2.45) is 0 Å². The van der Waals surface area contributed by atoms with Gasteiger partial charge in [-0.2, -0.15) is 0 Å². The maximum Gasteiger partial charge on any atom is 0.339 e. The molecule has 0 spiro atoms. The molecule has 0 aliphatic rings. The van der Waals surface area contributed by atoms with Crippen LogP contribution in [-0.4, -0.2) is 18.9 Å². The molecule has 0 saturated heterocycles. The number of hydrogen-bond acceptors (Lipinski definition) is 4. The van der Waals surface area contributed by atoms with Gasteiger partial charge in [-0.15, -0.1) is 11.3 Å². The molecule has 1 rings (SSSR count). The first-order chi connectivity index (χ1) is 5.66. The maximum absolute atomic E-state index is 11.0. The first kappa shape index (κ1) is 8.93. The lowest BCUT2D eigenvalue weighted by molar-refractivity contribution is 0.0598. The Labute approximate surface area is 74.0 Å². The standard InChI is InChI=1S/C8H8O3S/c1-5(9)7-6(3-4-12-7)8(10)11-2/h3-4H,1-2H3. The average molecular weight is 184 g/mol. The molecule has 0 saturated carbocycles. The normalized spacial score (nSPS) is 9.50. The van der Waals surface area contributed by atoms with Crippen LogP contribution in [0.25, 0.3) is 0 Å². The van der Waals surface area contributed by atoms with Gasteiger partial charge in [-0.1, -0.05) is 0 Å². The van der Waals surface area contributed by atoms with Crippen LogP contribution in [0.15, 0.2) is 11.4 Å². The number of carbonyl (C=O) groups excluding carboxylic acids is 2. The minimum atomic E-state index is -0.457. The molecule has 0 aliphatic heterocycles. The topological polar surface area (TPSA) is 43.4 Å². The van der Waals surface area contributed by atoms with Gasteiger partial charge in [-0.3, -0.25) is 4.79 Å². The number of esters is 1. The minimum Gasteiger partial charge on any atom is -0.465 e. The van der Waals surface area contributed by atoms with E-state index in [0.29, 0.717) is 10.4 Å². The summed E-state index contributed by atoms with van der Waals surface area (Å²) in [6.45, 7) is 1.43. The second-order valence-electron chi connectivity index (χ2n) is 2.21. The molecule has 12 heavy (non-hydrogen) atoms. The second-order valence-corrected chi connectivity index (χ2v) is 3.13. The lowest BCUT2D eigenvalue weighted by Gasteiger charge is -1.96. The second kappa shape index (κ2) is 3.49. The molecule has 0 aliphatic carbocycles. The Morgan fingerprint density at radius 2 is 2.17 bits per heavy atom. The molecule has 0 fully saturated rings. The minimum absolute atomic E-state index is 0.106. The van der Waals surface area contributed by atoms with Crippen molar-refractivity contribution in [1.29, 1.82) is 0 Å². The lowest BCUT2D eigenvalue weighted by Crippen LogP contribution is -2.04. The van der Waals surface area contributed by atoms with Gasteiger partial charge in [-0.05, 0) is 18.4 Å². The number of carbonyl (C=O) groups is 2. The number of hydrogen-bond donors (Lipinski definition) is 0. The Morgan fingerprint density at radius 1 is 1.50 bits per heavy atom. The van der Waals surface area contributed by atoms with Crippen molar-refractivity contribution in [2.75, 3.05) is 7.11 Å². The molecule has 1 aromatic heterocycles. The summed E-state index contributed by atoms with van der Waals surface area (Å²) in [4.78, 5) is 22.4. The van der Waals surface area contributed by atoms with Crippen LogP contribution in [-0.2, 0) is 4.74 Å². The van der Waals surface area contributed by atoms with E-state index in [9.17, 15) is 9.59 Å². The van der Waals surface area contributed by atoms with Gasteiger partial charge < -0.3 is 4.74 Å². The molecule has 4 heteroatoms. The molecule has 0 bridgehead atoms. The number of ether oxygens (including phenoxy) is 1. The van der Waals surface area contributed by atoms with E-state index in [4.69, 9.17) is 0 Å². The maximum atomic E-state index is 11.0.